The van der Waals surface area contributed by atoms with Crippen molar-refractivity contribution in [3.8, 4) is 0 Å². The molecule has 0 unspecified atom stereocenters. The summed E-state index contributed by atoms with van der Waals surface area (Å²) in [5.74, 6) is -0.0692. The van der Waals surface area contributed by atoms with E-state index in [-0.39, 0.29) is 11.7 Å². The Kier molecular flexibility index (Phi) is 9.86. The second-order valence-electron chi connectivity index (χ2n) is 5.38. The second kappa shape index (κ2) is 10.5. The number of hydrogen-bond donors (Lipinski definition) is 3. The van der Waals surface area contributed by atoms with Gasteiger partial charge in [-0.3, -0.25) is 4.79 Å². The van der Waals surface area contributed by atoms with Crippen LogP contribution in [0, 0.1) is 5.41 Å². The highest BCUT2D eigenvalue weighted by molar-refractivity contribution is 6.06. The van der Waals surface area contributed by atoms with Crippen LogP contribution in [0.2, 0.25) is 0 Å². The van der Waals surface area contributed by atoms with Crippen LogP contribution in [0.15, 0.2) is 5.16 Å². The number of carbonyl (C=O) groups is 1. The molecular formula is C15H31N3O2. The van der Waals surface area contributed by atoms with Gasteiger partial charge in [0.25, 0.3) is 0 Å². The van der Waals surface area contributed by atoms with Gasteiger partial charge in [0.2, 0.25) is 5.91 Å². The Balaban J connectivity index is 4.70. The predicted molar refractivity (Wildman–Crippen MR) is 82.8 cm³/mol. The lowest BCUT2D eigenvalue weighted by Gasteiger charge is -2.30. The van der Waals surface area contributed by atoms with Crippen LogP contribution < -0.4 is 11.1 Å². The Morgan fingerprint density at radius 2 is 1.70 bits per heavy atom. The first kappa shape index (κ1) is 18.7. The number of nitrogens with one attached hydrogen (secondary N) is 1. The van der Waals surface area contributed by atoms with Crippen molar-refractivity contribution < 1.29 is 10.0 Å². The fourth-order valence-electron chi connectivity index (χ4n) is 2.60. The molecule has 0 heterocycles. The van der Waals surface area contributed by atoms with E-state index in [9.17, 15) is 4.79 Å². The lowest BCUT2D eigenvalue weighted by atomic mass is 9.77. The molecule has 0 rings (SSSR count). The molecule has 1 amide bonds. The Morgan fingerprint density at radius 1 is 1.10 bits per heavy atom. The molecule has 0 atom stereocenters. The van der Waals surface area contributed by atoms with Crippen molar-refractivity contribution in [2.75, 3.05) is 6.54 Å². The Morgan fingerprint density at radius 3 is 2.15 bits per heavy atom. The van der Waals surface area contributed by atoms with E-state index in [0.29, 0.717) is 19.4 Å². The van der Waals surface area contributed by atoms with Gasteiger partial charge in [-0.15, -0.1) is 0 Å². The van der Waals surface area contributed by atoms with E-state index in [1.54, 1.807) is 0 Å². The van der Waals surface area contributed by atoms with Crippen LogP contribution in [0.1, 0.15) is 72.1 Å². The van der Waals surface area contributed by atoms with E-state index in [1.165, 1.54) is 12.8 Å². The molecule has 5 heteroatoms. The van der Waals surface area contributed by atoms with E-state index >= 15 is 0 Å². The van der Waals surface area contributed by atoms with Crippen molar-refractivity contribution in [1.82, 2.24) is 5.32 Å². The molecule has 118 valence electrons. The normalized spacial score (nSPS) is 12.4. The number of carbonyl (C=O) groups excluding carboxylic acids is 1. The molecule has 5 nitrogen and oxygen atoms in total. The fourth-order valence-corrected chi connectivity index (χ4v) is 2.60. The third-order valence-electron chi connectivity index (χ3n) is 3.70. The number of rotatable bonds is 11. The minimum atomic E-state index is -0.858. The highest BCUT2D eigenvalue weighted by atomic mass is 16.4. The summed E-state index contributed by atoms with van der Waals surface area (Å²) >= 11 is 0. The van der Waals surface area contributed by atoms with Crippen LogP contribution in [0.25, 0.3) is 0 Å². The van der Waals surface area contributed by atoms with Gasteiger partial charge in [-0.2, -0.15) is 0 Å². The van der Waals surface area contributed by atoms with Gasteiger partial charge in [-0.1, -0.05) is 58.0 Å². The third kappa shape index (κ3) is 5.39. The molecule has 0 spiro atoms. The molecule has 4 N–H and O–H groups in total. The van der Waals surface area contributed by atoms with E-state index in [0.717, 1.165) is 25.7 Å². The van der Waals surface area contributed by atoms with Gasteiger partial charge in [0.15, 0.2) is 5.84 Å². The van der Waals surface area contributed by atoms with Gasteiger partial charge >= 0.3 is 0 Å². The Labute approximate surface area is 123 Å². The van der Waals surface area contributed by atoms with Gasteiger partial charge in [0.1, 0.15) is 5.41 Å². The SMILES string of the molecule is CCCCCCNC(=O)C(CCC)(CCC)C(N)=NO. The maximum atomic E-state index is 12.5. The van der Waals surface area contributed by atoms with E-state index in [2.05, 4.69) is 17.4 Å². The Hall–Kier alpha value is -1.26. The summed E-state index contributed by atoms with van der Waals surface area (Å²) in [4.78, 5) is 12.5. The Bertz CT molecular complexity index is 297. The number of nitrogens with zero attached hydrogens (tertiary/aromatic N) is 1. The zero-order chi connectivity index (χ0) is 15.4. The van der Waals surface area contributed by atoms with E-state index < -0.39 is 5.41 Å². The molecule has 20 heavy (non-hydrogen) atoms. The molecule has 0 aromatic rings. The molecule has 0 aromatic carbocycles. The zero-order valence-electron chi connectivity index (χ0n) is 13.2. The average molecular weight is 285 g/mol. The number of amides is 1. The molecule has 0 radical (unpaired) electrons. The topological polar surface area (TPSA) is 87.7 Å². The number of oxime groups is 1. The summed E-state index contributed by atoms with van der Waals surface area (Å²) < 4.78 is 0. The number of nitrogens with two attached hydrogens (primary N) is 1. The second-order valence-corrected chi connectivity index (χ2v) is 5.38. The predicted octanol–water partition coefficient (Wildman–Crippen LogP) is 3.02. The molecule has 0 aliphatic heterocycles. The van der Waals surface area contributed by atoms with Crippen molar-refractivity contribution in [1.29, 1.82) is 0 Å². The first-order valence-electron chi connectivity index (χ1n) is 7.85. The quantitative estimate of drug-likeness (QED) is 0.179. The van der Waals surface area contributed by atoms with E-state index in [4.69, 9.17) is 10.9 Å². The van der Waals surface area contributed by atoms with Crippen LogP contribution in [0.4, 0.5) is 0 Å². The average Bonchev–Trinajstić information content (AvgIpc) is 2.45. The number of unbranched alkanes of at least 4 members (excludes halogenated alkanes) is 3. The van der Waals surface area contributed by atoms with Crippen LogP contribution in [-0.2, 0) is 4.79 Å². The summed E-state index contributed by atoms with van der Waals surface area (Å²) in [6.45, 7) is 6.82. The maximum absolute atomic E-state index is 12.5. The number of hydrogen-bond acceptors (Lipinski definition) is 3. The highest BCUT2D eigenvalue weighted by Gasteiger charge is 2.41. The maximum Gasteiger partial charge on any atom is 0.233 e. The molecule has 0 fully saturated rings. The molecule has 0 bridgehead atoms. The van der Waals surface area contributed by atoms with Gasteiger partial charge in [-0.25, -0.2) is 0 Å². The number of amidine groups is 1. The van der Waals surface area contributed by atoms with Crippen LogP contribution in [0.5, 0.6) is 0 Å². The van der Waals surface area contributed by atoms with Gasteiger partial charge in [-0.05, 0) is 19.3 Å². The minimum Gasteiger partial charge on any atom is -0.409 e. The van der Waals surface area contributed by atoms with Gasteiger partial charge in [0.05, 0.1) is 0 Å². The van der Waals surface area contributed by atoms with Crippen LogP contribution in [0.3, 0.4) is 0 Å². The first-order valence-corrected chi connectivity index (χ1v) is 7.85. The first-order chi connectivity index (χ1) is 9.58. The van der Waals surface area contributed by atoms with Crippen LogP contribution >= 0.6 is 0 Å². The summed E-state index contributed by atoms with van der Waals surface area (Å²) in [5, 5.41) is 15.1. The van der Waals surface area contributed by atoms with Crippen LogP contribution in [-0.4, -0.2) is 23.5 Å². The van der Waals surface area contributed by atoms with Gasteiger partial charge < -0.3 is 16.3 Å². The summed E-state index contributed by atoms with van der Waals surface area (Å²) in [5.41, 5.74) is 4.96. The van der Waals surface area contributed by atoms with Crippen molar-refractivity contribution in [3.05, 3.63) is 0 Å². The molecule has 0 saturated carbocycles. The van der Waals surface area contributed by atoms with Crippen molar-refractivity contribution in [2.24, 2.45) is 16.3 Å². The molecule has 0 aromatic heterocycles. The molecule has 0 aliphatic rings. The smallest absolute Gasteiger partial charge is 0.233 e. The molecule has 0 aliphatic carbocycles. The summed E-state index contributed by atoms with van der Waals surface area (Å²) in [7, 11) is 0. The highest BCUT2D eigenvalue weighted by Crippen LogP contribution is 2.30. The lowest BCUT2D eigenvalue weighted by Crippen LogP contribution is -2.50. The van der Waals surface area contributed by atoms with Gasteiger partial charge in [0, 0.05) is 6.54 Å². The van der Waals surface area contributed by atoms with Crippen molar-refractivity contribution in [2.45, 2.75) is 72.1 Å². The van der Waals surface area contributed by atoms with Crippen molar-refractivity contribution in [3.63, 3.8) is 0 Å². The molecule has 0 saturated heterocycles. The molecular weight excluding hydrogens is 254 g/mol. The standard InChI is InChI=1S/C15H31N3O2/c1-4-7-8-9-12-17-14(19)15(10-5-2,11-6-3)13(16)18-20/h20H,4-12H2,1-3H3,(H2,16,18)(H,17,19). The third-order valence-corrected chi connectivity index (χ3v) is 3.70. The zero-order valence-corrected chi connectivity index (χ0v) is 13.2. The largest absolute Gasteiger partial charge is 0.409 e. The van der Waals surface area contributed by atoms with E-state index in [1.807, 2.05) is 13.8 Å². The van der Waals surface area contributed by atoms with Crippen molar-refractivity contribution >= 4 is 11.7 Å². The lowest BCUT2D eigenvalue weighted by molar-refractivity contribution is -0.128. The summed E-state index contributed by atoms with van der Waals surface area (Å²) in [6, 6.07) is 0. The monoisotopic (exact) mass is 285 g/mol. The minimum absolute atomic E-state index is 0.0345. The fraction of sp³-hybridized carbons (Fsp3) is 0.867. The summed E-state index contributed by atoms with van der Waals surface area (Å²) in [6.07, 6.45) is 7.31.